The molecule has 116 valence electrons. The monoisotopic (exact) mass is 315 g/mol. The molecule has 1 N–H and O–H groups in total. The lowest BCUT2D eigenvalue weighted by molar-refractivity contribution is -0.117. The summed E-state index contributed by atoms with van der Waals surface area (Å²) in [5.41, 5.74) is 0.936. The summed E-state index contributed by atoms with van der Waals surface area (Å²) in [6, 6.07) is 4.33. The third kappa shape index (κ3) is 3.65. The Morgan fingerprint density at radius 3 is 2.95 bits per heavy atom. The Bertz CT molecular complexity index is 639. The summed E-state index contributed by atoms with van der Waals surface area (Å²) in [5, 5.41) is 9.37. The molecule has 2 aromatic heterocycles. The van der Waals surface area contributed by atoms with E-state index >= 15 is 0 Å². The van der Waals surface area contributed by atoms with Gasteiger partial charge < -0.3 is 5.32 Å². The van der Waals surface area contributed by atoms with Crippen LogP contribution in [0.15, 0.2) is 36.0 Å². The number of nitrogens with one attached hydrogen (secondary N) is 1. The van der Waals surface area contributed by atoms with Crippen molar-refractivity contribution in [3.63, 3.8) is 0 Å². The lowest BCUT2D eigenvalue weighted by atomic mass is 9.96. The summed E-state index contributed by atoms with van der Waals surface area (Å²) in [4.78, 5) is 13.5. The quantitative estimate of drug-likeness (QED) is 0.858. The van der Waals surface area contributed by atoms with Gasteiger partial charge in [0.15, 0.2) is 0 Å². The van der Waals surface area contributed by atoms with E-state index in [4.69, 9.17) is 0 Å². The molecule has 0 aromatic carbocycles. The standard InChI is InChI=1S/C17H21N3OS/c1-20-12-13(11-18-20)8-9-16(21)19-17(14-5-2-3-6-14)15-7-4-10-22-15/h4,7-12,14,17H,2-3,5-6H2,1H3,(H,19,21). The topological polar surface area (TPSA) is 46.9 Å². The van der Waals surface area contributed by atoms with E-state index in [0.717, 1.165) is 5.56 Å². The van der Waals surface area contributed by atoms with Crippen LogP contribution in [0.25, 0.3) is 6.08 Å². The first-order chi connectivity index (χ1) is 10.7. The molecule has 1 unspecified atom stereocenters. The van der Waals surface area contributed by atoms with Gasteiger partial charge in [0, 0.05) is 29.8 Å². The number of aryl methyl sites for hydroxylation is 1. The minimum Gasteiger partial charge on any atom is -0.345 e. The first kappa shape index (κ1) is 15.0. The van der Waals surface area contributed by atoms with Crippen molar-refractivity contribution in [3.05, 3.63) is 46.4 Å². The lowest BCUT2D eigenvalue weighted by Crippen LogP contribution is -2.30. The smallest absolute Gasteiger partial charge is 0.244 e. The van der Waals surface area contributed by atoms with Crippen molar-refractivity contribution in [1.82, 2.24) is 15.1 Å². The Morgan fingerprint density at radius 2 is 2.32 bits per heavy atom. The van der Waals surface area contributed by atoms with Gasteiger partial charge in [-0.25, -0.2) is 0 Å². The molecule has 0 radical (unpaired) electrons. The van der Waals surface area contributed by atoms with Crippen LogP contribution in [0.2, 0.25) is 0 Å². The third-order valence-corrected chi connectivity index (χ3v) is 5.13. The predicted octanol–water partition coefficient (Wildman–Crippen LogP) is 3.54. The van der Waals surface area contributed by atoms with E-state index in [2.05, 4.69) is 27.9 Å². The first-order valence-corrected chi connectivity index (χ1v) is 8.61. The average molecular weight is 315 g/mol. The molecule has 22 heavy (non-hydrogen) atoms. The zero-order valence-electron chi connectivity index (χ0n) is 12.7. The maximum atomic E-state index is 12.3. The van der Waals surface area contributed by atoms with E-state index in [1.54, 1.807) is 28.3 Å². The number of nitrogens with zero attached hydrogens (tertiary/aromatic N) is 2. The number of thiophene rings is 1. The molecule has 4 nitrogen and oxygen atoms in total. The molecular formula is C17H21N3OS. The zero-order chi connectivity index (χ0) is 15.4. The van der Waals surface area contributed by atoms with Gasteiger partial charge in [-0.3, -0.25) is 9.48 Å². The van der Waals surface area contributed by atoms with E-state index < -0.39 is 0 Å². The van der Waals surface area contributed by atoms with Gasteiger partial charge in [0.1, 0.15) is 0 Å². The Kier molecular flexibility index (Phi) is 4.73. The summed E-state index contributed by atoms with van der Waals surface area (Å²) in [6.45, 7) is 0. The molecule has 1 atom stereocenters. The average Bonchev–Trinajstić information content (AvgIpc) is 3.25. The predicted molar refractivity (Wildman–Crippen MR) is 89.4 cm³/mol. The van der Waals surface area contributed by atoms with Crippen LogP contribution >= 0.6 is 11.3 Å². The number of hydrogen-bond donors (Lipinski definition) is 1. The van der Waals surface area contributed by atoms with Crippen molar-refractivity contribution in [2.75, 3.05) is 0 Å². The molecule has 1 fully saturated rings. The number of aromatic nitrogens is 2. The van der Waals surface area contributed by atoms with Gasteiger partial charge >= 0.3 is 0 Å². The summed E-state index contributed by atoms with van der Waals surface area (Å²) in [5.74, 6) is 0.531. The van der Waals surface area contributed by atoms with Crippen LogP contribution in [-0.2, 0) is 11.8 Å². The minimum absolute atomic E-state index is 0.0332. The fraction of sp³-hybridized carbons (Fsp3) is 0.412. The second kappa shape index (κ2) is 6.92. The molecule has 1 saturated carbocycles. The molecule has 1 amide bonds. The van der Waals surface area contributed by atoms with Crippen molar-refractivity contribution >= 4 is 23.3 Å². The normalized spacial score (nSPS) is 17.1. The molecule has 0 bridgehead atoms. The van der Waals surface area contributed by atoms with Crippen molar-refractivity contribution in [3.8, 4) is 0 Å². The van der Waals surface area contributed by atoms with Gasteiger partial charge in [0.2, 0.25) is 5.91 Å². The maximum absolute atomic E-state index is 12.3. The summed E-state index contributed by atoms with van der Waals surface area (Å²) < 4.78 is 1.73. The number of amides is 1. The highest BCUT2D eigenvalue weighted by molar-refractivity contribution is 7.10. The van der Waals surface area contributed by atoms with Gasteiger partial charge in [0.25, 0.3) is 0 Å². The molecule has 0 saturated heterocycles. The SMILES string of the molecule is Cn1cc(C=CC(=O)NC(c2cccs2)C2CCCC2)cn1. The highest BCUT2D eigenvalue weighted by Crippen LogP contribution is 2.37. The molecular weight excluding hydrogens is 294 g/mol. The Hall–Kier alpha value is -1.88. The largest absolute Gasteiger partial charge is 0.345 e. The second-order valence-corrected chi connectivity index (χ2v) is 6.81. The number of carbonyl (C=O) groups excluding carboxylic acids is 1. The molecule has 1 aliphatic carbocycles. The minimum atomic E-state index is -0.0332. The number of carbonyl (C=O) groups is 1. The molecule has 5 heteroatoms. The van der Waals surface area contributed by atoms with Gasteiger partial charge in [0.05, 0.1) is 12.2 Å². The summed E-state index contributed by atoms with van der Waals surface area (Å²) in [7, 11) is 1.87. The fourth-order valence-corrected chi connectivity index (χ4v) is 3.95. The Morgan fingerprint density at radius 1 is 1.50 bits per heavy atom. The Labute approximate surface area is 134 Å². The van der Waals surface area contributed by atoms with Crippen LogP contribution in [0.5, 0.6) is 0 Å². The van der Waals surface area contributed by atoms with Crippen molar-refractivity contribution < 1.29 is 4.79 Å². The summed E-state index contributed by atoms with van der Waals surface area (Å²) in [6.07, 6.45) is 12.0. The Balaban J connectivity index is 1.67. The van der Waals surface area contributed by atoms with Crippen LogP contribution in [0.3, 0.4) is 0 Å². The van der Waals surface area contributed by atoms with Crippen LogP contribution in [0, 0.1) is 5.92 Å². The van der Waals surface area contributed by atoms with Crippen molar-refractivity contribution in [2.45, 2.75) is 31.7 Å². The van der Waals surface area contributed by atoms with E-state index in [-0.39, 0.29) is 11.9 Å². The number of rotatable bonds is 5. The van der Waals surface area contributed by atoms with E-state index in [0.29, 0.717) is 5.92 Å². The van der Waals surface area contributed by atoms with Crippen LogP contribution in [0.1, 0.15) is 42.2 Å². The van der Waals surface area contributed by atoms with Gasteiger partial charge in [-0.1, -0.05) is 18.9 Å². The molecule has 2 heterocycles. The van der Waals surface area contributed by atoms with Crippen LogP contribution in [0.4, 0.5) is 0 Å². The van der Waals surface area contributed by atoms with Crippen molar-refractivity contribution in [2.24, 2.45) is 13.0 Å². The highest BCUT2D eigenvalue weighted by Gasteiger charge is 2.27. The molecule has 2 aromatic rings. The van der Waals surface area contributed by atoms with Gasteiger partial charge in [-0.2, -0.15) is 5.10 Å². The molecule has 3 rings (SSSR count). The lowest BCUT2D eigenvalue weighted by Gasteiger charge is -2.23. The summed E-state index contributed by atoms with van der Waals surface area (Å²) >= 11 is 1.73. The first-order valence-electron chi connectivity index (χ1n) is 7.73. The van der Waals surface area contributed by atoms with Crippen LogP contribution in [-0.4, -0.2) is 15.7 Å². The zero-order valence-corrected chi connectivity index (χ0v) is 13.6. The van der Waals surface area contributed by atoms with Crippen molar-refractivity contribution in [1.29, 1.82) is 0 Å². The molecule has 0 spiro atoms. The second-order valence-electron chi connectivity index (χ2n) is 5.83. The number of hydrogen-bond acceptors (Lipinski definition) is 3. The van der Waals surface area contributed by atoms with E-state index in [9.17, 15) is 4.79 Å². The molecule has 1 aliphatic rings. The van der Waals surface area contributed by atoms with Crippen LogP contribution < -0.4 is 5.32 Å². The van der Waals surface area contributed by atoms with E-state index in [1.165, 1.54) is 30.6 Å². The maximum Gasteiger partial charge on any atom is 0.244 e. The highest BCUT2D eigenvalue weighted by atomic mass is 32.1. The van der Waals surface area contributed by atoms with Gasteiger partial charge in [-0.05, 0) is 36.3 Å². The van der Waals surface area contributed by atoms with E-state index in [1.807, 2.05) is 19.3 Å². The van der Waals surface area contributed by atoms with Gasteiger partial charge in [-0.15, -0.1) is 11.3 Å². The molecule has 0 aliphatic heterocycles. The fourth-order valence-electron chi connectivity index (χ4n) is 3.08. The third-order valence-electron chi connectivity index (χ3n) is 4.17.